The normalized spacial score (nSPS) is 14.3. The average molecular weight is 476 g/mol. The molecular weight excluding hydrogens is 438 g/mol. The Morgan fingerprint density at radius 1 is 0.829 bits per heavy atom. The second-order valence-corrected chi connectivity index (χ2v) is 9.66. The van der Waals surface area contributed by atoms with Crippen LogP contribution in [0.25, 0.3) is 0 Å². The fourth-order valence-corrected chi connectivity index (χ4v) is 4.22. The van der Waals surface area contributed by atoms with Crippen molar-refractivity contribution in [1.29, 1.82) is 0 Å². The number of hydroxylamine groups is 2. The third-order valence-electron chi connectivity index (χ3n) is 6.05. The molecule has 2 atom stereocenters. The minimum atomic E-state index is -0.768. The zero-order chi connectivity index (χ0) is 25.3. The molecule has 3 aromatic rings. The van der Waals surface area contributed by atoms with E-state index in [1.54, 1.807) is 0 Å². The summed E-state index contributed by atoms with van der Waals surface area (Å²) in [5, 5.41) is 1.96. The molecule has 0 aliphatic rings. The first-order chi connectivity index (χ1) is 16.7. The molecule has 0 amide bonds. The standard InChI is InChI=1S/C30H37NO4/c1-24(27-17-11-7-12-18-27)35-31(29(3,4)22-33-21-26-15-9-6-10-16-26)30(5,23-34-25(2)32)28-19-13-8-14-20-28/h6-20,24H,21-23H2,1-5H3. The molecule has 0 radical (unpaired) electrons. The molecule has 2 unspecified atom stereocenters. The van der Waals surface area contributed by atoms with Gasteiger partial charge in [-0.25, -0.2) is 0 Å². The van der Waals surface area contributed by atoms with Crippen molar-refractivity contribution in [2.24, 2.45) is 0 Å². The maximum Gasteiger partial charge on any atom is 0.302 e. The molecule has 0 saturated carbocycles. The van der Waals surface area contributed by atoms with Gasteiger partial charge in [-0.1, -0.05) is 91.0 Å². The van der Waals surface area contributed by atoms with Gasteiger partial charge in [-0.3, -0.25) is 9.63 Å². The van der Waals surface area contributed by atoms with E-state index in [1.165, 1.54) is 6.92 Å². The van der Waals surface area contributed by atoms with E-state index in [1.807, 2.05) is 110 Å². The van der Waals surface area contributed by atoms with Gasteiger partial charge >= 0.3 is 5.97 Å². The third kappa shape index (κ3) is 7.25. The van der Waals surface area contributed by atoms with Crippen molar-refractivity contribution in [2.75, 3.05) is 13.2 Å². The van der Waals surface area contributed by atoms with Gasteiger partial charge in [-0.15, -0.1) is 0 Å². The molecule has 0 aliphatic heterocycles. The summed E-state index contributed by atoms with van der Waals surface area (Å²) < 4.78 is 11.8. The van der Waals surface area contributed by atoms with E-state index in [0.717, 1.165) is 16.7 Å². The Labute approximate surface area is 209 Å². The minimum absolute atomic E-state index is 0.135. The molecule has 3 aromatic carbocycles. The van der Waals surface area contributed by atoms with Gasteiger partial charge < -0.3 is 9.47 Å². The van der Waals surface area contributed by atoms with Crippen LogP contribution in [0.1, 0.15) is 57.4 Å². The number of carbonyl (C=O) groups excluding carboxylic acids is 1. The lowest BCUT2D eigenvalue weighted by Gasteiger charge is -2.49. The van der Waals surface area contributed by atoms with E-state index in [0.29, 0.717) is 13.2 Å². The highest BCUT2D eigenvalue weighted by Crippen LogP contribution is 2.38. The van der Waals surface area contributed by atoms with Crippen LogP contribution >= 0.6 is 0 Å². The second-order valence-electron chi connectivity index (χ2n) is 9.66. The molecule has 3 rings (SSSR count). The number of hydrogen-bond donors (Lipinski definition) is 0. The lowest BCUT2D eigenvalue weighted by molar-refractivity contribution is -0.312. The topological polar surface area (TPSA) is 48.0 Å². The van der Waals surface area contributed by atoms with Gasteiger partial charge in [-0.05, 0) is 44.4 Å². The van der Waals surface area contributed by atoms with Crippen molar-refractivity contribution in [2.45, 2.75) is 58.4 Å². The van der Waals surface area contributed by atoms with Gasteiger partial charge in [-0.2, -0.15) is 5.06 Å². The average Bonchev–Trinajstić information content (AvgIpc) is 2.87. The van der Waals surface area contributed by atoms with Gasteiger partial charge in [0.15, 0.2) is 0 Å². The van der Waals surface area contributed by atoms with Crippen molar-refractivity contribution >= 4 is 5.97 Å². The molecule has 0 spiro atoms. The van der Waals surface area contributed by atoms with Crippen molar-refractivity contribution in [1.82, 2.24) is 5.06 Å². The smallest absolute Gasteiger partial charge is 0.302 e. The zero-order valence-corrected chi connectivity index (χ0v) is 21.4. The summed E-state index contributed by atoms with van der Waals surface area (Å²) in [5.41, 5.74) is 1.82. The number of esters is 1. The monoisotopic (exact) mass is 475 g/mol. The molecule has 0 bridgehead atoms. The van der Waals surface area contributed by atoms with Crippen LogP contribution in [0, 0.1) is 0 Å². The van der Waals surface area contributed by atoms with Crippen molar-refractivity contribution < 1.29 is 19.1 Å². The number of benzene rings is 3. The first-order valence-electron chi connectivity index (χ1n) is 12.0. The highest BCUT2D eigenvalue weighted by Gasteiger charge is 2.45. The number of nitrogens with zero attached hydrogens (tertiary/aromatic N) is 1. The van der Waals surface area contributed by atoms with Crippen LogP contribution in [0.5, 0.6) is 0 Å². The van der Waals surface area contributed by atoms with E-state index >= 15 is 0 Å². The number of rotatable bonds is 12. The van der Waals surface area contributed by atoms with Gasteiger partial charge in [0, 0.05) is 6.92 Å². The van der Waals surface area contributed by atoms with Gasteiger partial charge in [0.25, 0.3) is 0 Å². The maximum atomic E-state index is 11.9. The molecule has 0 N–H and O–H groups in total. The van der Waals surface area contributed by atoms with Crippen LogP contribution in [0.2, 0.25) is 0 Å². The Hall–Kier alpha value is -2.99. The summed E-state index contributed by atoms with van der Waals surface area (Å²) in [5.74, 6) is -0.332. The summed E-state index contributed by atoms with van der Waals surface area (Å²) in [6, 6.07) is 30.2. The molecule has 35 heavy (non-hydrogen) atoms. The lowest BCUT2D eigenvalue weighted by atomic mass is 9.88. The summed E-state index contributed by atoms with van der Waals surface area (Å²) in [7, 11) is 0. The first kappa shape index (κ1) is 26.6. The van der Waals surface area contributed by atoms with Crippen LogP contribution in [0.3, 0.4) is 0 Å². The van der Waals surface area contributed by atoms with Gasteiger partial charge in [0.05, 0.1) is 18.8 Å². The van der Waals surface area contributed by atoms with Crippen molar-refractivity contribution in [3.8, 4) is 0 Å². The highest BCUT2D eigenvalue weighted by molar-refractivity contribution is 5.66. The van der Waals surface area contributed by atoms with Crippen LogP contribution in [-0.2, 0) is 31.3 Å². The van der Waals surface area contributed by atoms with E-state index in [4.69, 9.17) is 14.3 Å². The van der Waals surface area contributed by atoms with Gasteiger partial charge in [0.1, 0.15) is 18.2 Å². The van der Waals surface area contributed by atoms with Crippen LogP contribution in [0.15, 0.2) is 91.0 Å². The molecule has 0 aliphatic carbocycles. The van der Waals surface area contributed by atoms with Crippen LogP contribution in [-0.4, -0.2) is 29.8 Å². The zero-order valence-electron chi connectivity index (χ0n) is 21.4. The van der Waals surface area contributed by atoms with Crippen LogP contribution < -0.4 is 0 Å². The molecule has 0 heterocycles. The summed E-state index contributed by atoms with van der Waals surface area (Å²) in [6.45, 7) is 10.7. The van der Waals surface area contributed by atoms with E-state index in [2.05, 4.69) is 13.8 Å². The number of carbonyl (C=O) groups is 1. The third-order valence-corrected chi connectivity index (χ3v) is 6.05. The molecular formula is C30H37NO4. The maximum absolute atomic E-state index is 11.9. The summed E-state index contributed by atoms with van der Waals surface area (Å²) >= 11 is 0. The second kappa shape index (κ2) is 12.1. The highest BCUT2D eigenvalue weighted by atomic mass is 16.7. The molecule has 186 valence electrons. The molecule has 5 heteroatoms. The summed E-state index contributed by atoms with van der Waals surface area (Å²) in [4.78, 5) is 18.6. The molecule has 0 fully saturated rings. The molecule has 0 aromatic heterocycles. The Morgan fingerprint density at radius 3 is 1.94 bits per heavy atom. The predicted molar refractivity (Wildman–Crippen MR) is 138 cm³/mol. The van der Waals surface area contributed by atoms with Gasteiger partial charge in [0.2, 0.25) is 0 Å². The Bertz CT molecular complexity index is 1040. The quantitative estimate of drug-likeness (QED) is 0.222. The SMILES string of the molecule is CC(=O)OCC(C)(c1ccccc1)N(OC(C)c1ccccc1)C(C)(C)COCc1ccccc1. The molecule has 0 saturated heterocycles. The Kier molecular flexibility index (Phi) is 9.21. The van der Waals surface area contributed by atoms with E-state index < -0.39 is 11.1 Å². The summed E-state index contributed by atoms with van der Waals surface area (Å²) in [6.07, 6.45) is -0.232. The number of hydrogen-bond acceptors (Lipinski definition) is 5. The predicted octanol–water partition coefficient (Wildman–Crippen LogP) is 6.46. The number of ether oxygens (including phenoxy) is 2. The largest absolute Gasteiger partial charge is 0.463 e. The Balaban J connectivity index is 1.94. The lowest BCUT2D eigenvalue weighted by Crippen LogP contribution is -2.59. The fraction of sp³-hybridized carbons (Fsp3) is 0.367. The van der Waals surface area contributed by atoms with Crippen LogP contribution in [0.4, 0.5) is 0 Å². The van der Waals surface area contributed by atoms with Crippen molar-refractivity contribution in [3.05, 3.63) is 108 Å². The Morgan fingerprint density at radius 2 is 1.37 bits per heavy atom. The first-order valence-corrected chi connectivity index (χ1v) is 12.0. The van der Waals surface area contributed by atoms with E-state index in [-0.39, 0.29) is 18.7 Å². The molecule has 5 nitrogen and oxygen atoms in total. The fourth-order valence-electron chi connectivity index (χ4n) is 4.22. The minimum Gasteiger partial charge on any atom is -0.463 e. The van der Waals surface area contributed by atoms with Crippen molar-refractivity contribution in [3.63, 3.8) is 0 Å². The van der Waals surface area contributed by atoms with E-state index in [9.17, 15) is 4.79 Å².